The third-order valence-corrected chi connectivity index (χ3v) is 3.76. The first-order valence-electron chi connectivity index (χ1n) is 8.18. The summed E-state index contributed by atoms with van der Waals surface area (Å²) in [6.45, 7) is 1.49. The standard InChI is InChI=1S/C20H20N2O5/c1-13(20(24)22-16-7-4-14(12-21)5-8-16)27-19(23)11-15-6-9-17(25-2)18(10-15)26-3/h4-10,13H,11H2,1-3H3,(H,22,24). The minimum Gasteiger partial charge on any atom is -0.493 e. The molecular weight excluding hydrogens is 348 g/mol. The number of hydrogen-bond acceptors (Lipinski definition) is 6. The molecule has 0 heterocycles. The van der Waals surface area contributed by atoms with E-state index in [4.69, 9.17) is 19.5 Å². The smallest absolute Gasteiger partial charge is 0.311 e. The van der Waals surface area contributed by atoms with Gasteiger partial charge in [-0.15, -0.1) is 0 Å². The number of ether oxygens (including phenoxy) is 3. The molecule has 0 bridgehead atoms. The van der Waals surface area contributed by atoms with E-state index in [0.29, 0.717) is 28.3 Å². The predicted molar refractivity (Wildman–Crippen MR) is 98.6 cm³/mol. The van der Waals surface area contributed by atoms with Crippen molar-refractivity contribution >= 4 is 17.6 Å². The van der Waals surface area contributed by atoms with Gasteiger partial charge in [-0.2, -0.15) is 5.26 Å². The second-order valence-electron chi connectivity index (χ2n) is 5.68. The molecule has 27 heavy (non-hydrogen) atoms. The molecule has 2 aromatic rings. The highest BCUT2D eigenvalue weighted by Gasteiger charge is 2.18. The van der Waals surface area contributed by atoms with Crippen molar-refractivity contribution in [2.45, 2.75) is 19.4 Å². The third-order valence-electron chi connectivity index (χ3n) is 3.76. The fraction of sp³-hybridized carbons (Fsp3) is 0.250. The van der Waals surface area contributed by atoms with E-state index in [9.17, 15) is 9.59 Å². The summed E-state index contributed by atoms with van der Waals surface area (Å²) in [5.41, 5.74) is 1.68. The zero-order valence-electron chi connectivity index (χ0n) is 15.3. The van der Waals surface area contributed by atoms with Gasteiger partial charge in [0, 0.05) is 5.69 Å². The van der Waals surface area contributed by atoms with Crippen molar-refractivity contribution in [3.8, 4) is 17.6 Å². The number of carbonyl (C=O) groups excluding carboxylic acids is 2. The summed E-state index contributed by atoms with van der Waals surface area (Å²) in [6.07, 6.45) is -0.970. The Hall–Kier alpha value is -3.53. The van der Waals surface area contributed by atoms with Crippen LogP contribution in [-0.4, -0.2) is 32.2 Å². The molecule has 0 aliphatic rings. The van der Waals surface area contributed by atoms with E-state index in [2.05, 4.69) is 5.32 Å². The van der Waals surface area contributed by atoms with E-state index < -0.39 is 18.0 Å². The minimum absolute atomic E-state index is 0.00512. The molecule has 0 aliphatic carbocycles. The molecule has 0 fully saturated rings. The fourth-order valence-electron chi connectivity index (χ4n) is 2.32. The number of nitrogens with one attached hydrogen (secondary N) is 1. The maximum atomic E-state index is 12.1. The molecule has 1 atom stereocenters. The molecule has 1 unspecified atom stereocenters. The summed E-state index contributed by atoms with van der Waals surface area (Å²) in [4.78, 5) is 24.3. The number of nitriles is 1. The highest BCUT2D eigenvalue weighted by Crippen LogP contribution is 2.27. The number of methoxy groups -OCH3 is 2. The molecular formula is C20H20N2O5. The normalized spacial score (nSPS) is 11.0. The Morgan fingerprint density at radius 2 is 1.74 bits per heavy atom. The molecule has 2 rings (SSSR count). The van der Waals surface area contributed by atoms with Gasteiger partial charge in [0.25, 0.3) is 5.91 Å². The highest BCUT2D eigenvalue weighted by atomic mass is 16.5. The average Bonchev–Trinajstić information content (AvgIpc) is 2.68. The Labute approximate surface area is 157 Å². The van der Waals surface area contributed by atoms with Crippen molar-refractivity contribution in [1.29, 1.82) is 5.26 Å². The van der Waals surface area contributed by atoms with Crippen LogP contribution >= 0.6 is 0 Å². The van der Waals surface area contributed by atoms with Crippen LogP contribution in [-0.2, 0) is 20.7 Å². The van der Waals surface area contributed by atoms with Crippen molar-refractivity contribution in [2.24, 2.45) is 0 Å². The Bertz CT molecular complexity index is 856. The van der Waals surface area contributed by atoms with Crippen LogP contribution < -0.4 is 14.8 Å². The van der Waals surface area contributed by atoms with Gasteiger partial charge in [-0.25, -0.2) is 0 Å². The van der Waals surface area contributed by atoms with Gasteiger partial charge in [0.2, 0.25) is 0 Å². The molecule has 140 valence electrons. The van der Waals surface area contributed by atoms with Crippen molar-refractivity contribution in [1.82, 2.24) is 0 Å². The summed E-state index contributed by atoms with van der Waals surface area (Å²) >= 11 is 0. The van der Waals surface area contributed by atoms with Gasteiger partial charge in [-0.05, 0) is 48.9 Å². The first-order chi connectivity index (χ1) is 13.0. The van der Waals surface area contributed by atoms with Gasteiger partial charge in [0.05, 0.1) is 32.3 Å². The summed E-state index contributed by atoms with van der Waals surface area (Å²) in [5.74, 6) is 0.0734. The summed E-state index contributed by atoms with van der Waals surface area (Å²) in [6, 6.07) is 13.5. The Kier molecular flexibility index (Phi) is 6.78. The van der Waals surface area contributed by atoms with Crippen LogP contribution in [0, 0.1) is 11.3 Å². The molecule has 7 nitrogen and oxygen atoms in total. The first-order valence-corrected chi connectivity index (χ1v) is 8.18. The van der Waals surface area contributed by atoms with Crippen LogP contribution in [0.2, 0.25) is 0 Å². The number of anilines is 1. The second kappa shape index (κ2) is 9.25. The SMILES string of the molecule is COc1ccc(CC(=O)OC(C)C(=O)Nc2ccc(C#N)cc2)cc1OC. The quantitative estimate of drug-likeness (QED) is 0.755. The maximum absolute atomic E-state index is 12.1. The van der Waals surface area contributed by atoms with Gasteiger partial charge >= 0.3 is 5.97 Å². The average molecular weight is 368 g/mol. The topological polar surface area (TPSA) is 97.6 Å². The number of benzene rings is 2. The molecule has 0 radical (unpaired) electrons. The van der Waals surface area contributed by atoms with Crippen LogP contribution in [0.5, 0.6) is 11.5 Å². The maximum Gasteiger partial charge on any atom is 0.311 e. The molecule has 1 amide bonds. The lowest BCUT2D eigenvalue weighted by molar-refractivity contribution is -0.152. The summed E-state index contributed by atoms with van der Waals surface area (Å²) in [5, 5.41) is 11.4. The van der Waals surface area contributed by atoms with E-state index >= 15 is 0 Å². The predicted octanol–water partition coefficient (Wildman–Crippen LogP) is 2.69. The van der Waals surface area contributed by atoms with Gasteiger partial charge in [0.15, 0.2) is 17.6 Å². The largest absolute Gasteiger partial charge is 0.493 e. The number of esters is 1. The second-order valence-corrected chi connectivity index (χ2v) is 5.68. The lowest BCUT2D eigenvalue weighted by Gasteiger charge is -2.14. The van der Waals surface area contributed by atoms with E-state index in [1.807, 2.05) is 6.07 Å². The molecule has 7 heteroatoms. The third kappa shape index (κ3) is 5.47. The first kappa shape index (κ1) is 19.8. The van der Waals surface area contributed by atoms with E-state index in [0.717, 1.165) is 0 Å². The van der Waals surface area contributed by atoms with Crippen LogP contribution in [0.15, 0.2) is 42.5 Å². The molecule has 0 aromatic heterocycles. The number of hydrogen-bond donors (Lipinski definition) is 1. The van der Waals surface area contributed by atoms with E-state index in [1.54, 1.807) is 42.5 Å². The van der Waals surface area contributed by atoms with Crippen molar-refractivity contribution < 1.29 is 23.8 Å². The van der Waals surface area contributed by atoms with E-state index in [1.165, 1.54) is 21.1 Å². The number of amides is 1. The number of nitrogens with zero attached hydrogens (tertiary/aromatic N) is 1. The van der Waals surface area contributed by atoms with Gasteiger partial charge in [-0.1, -0.05) is 6.07 Å². The highest BCUT2D eigenvalue weighted by molar-refractivity contribution is 5.95. The zero-order chi connectivity index (χ0) is 19.8. The lowest BCUT2D eigenvalue weighted by Crippen LogP contribution is -2.30. The Balaban J connectivity index is 1.92. The lowest BCUT2D eigenvalue weighted by atomic mass is 10.1. The fourth-order valence-corrected chi connectivity index (χ4v) is 2.32. The number of carbonyl (C=O) groups is 2. The van der Waals surface area contributed by atoms with E-state index in [-0.39, 0.29) is 6.42 Å². The van der Waals surface area contributed by atoms with Crippen molar-refractivity contribution in [3.05, 3.63) is 53.6 Å². The van der Waals surface area contributed by atoms with Crippen LogP contribution in [0.25, 0.3) is 0 Å². The summed E-state index contributed by atoms with van der Waals surface area (Å²) < 4.78 is 15.5. The molecule has 0 spiro atoms. The Morgan fingerprint density at radius 3 is 2.33 bits per heavy atom. The van der Waals surface area contributed by atoms with Crippen molar-refractivity contribution in [3.63, 3.8) is 0 Å². The van der Waals surface area contributed by atoms with Crippen LogP contribution in [0.1, 0.15) is 18.1 Å². The van der Waals surface area contributed by atoms with Crippen LogP contribution in [0.4, 0.5) is 5.69 Å². The molecule has 0 aliphatic heterocycles. The molecule has 0 saturated heterocycles. The summed E-state index contributed by atoms with van der Waals surface area (Å²) in [7, 11) is 3.04. The monoisotopic (exact) mass is 368 g/mol. The van der Waals surface area contributed by atoms with Crippen LogP contribution in [0.3, 0.4) is 0 Å². The Morgan fingerprint density at radius 1 is 1.07 bits per heavy atom. The minimum atomic E-state index is -0.965. The van der Waals surface area contributed by atoms with Gasteiger partial charge in [-0.3, -0.25) is 9.59 Å². The number of rotatable bonds is 7. The van der Waals surface area contributed by atoms with Gasteiger partial charge in [0.1, 0.15) is 0 Å². The molecule has 0 saturated carbocycles. The molecule has 2 aromatic carbocycles. The molecule has 1 N–H and O–H groups in total. The van der Waals surface area contributed by atoms with Crippen molar-refractivity contribution in [2.75, 3.05) is 19.5 Å². The zero-order valence-corrected chi connectivity index (χ0v) is 15.3. The van der Waals surface area contributed by atoms with Gasteiger partial charge < -0.3 is 19.5 Å².